The number of sulfone groups is 1. The minimum absolute atomic E-state index is 0.241. The summed E-state index contributed by atoms with van der Waals surface area (Å²) in [7, 11) is -1.29. The van der Waals surface area contributed by atoms with Crippen LogP contribution >= 0.6 is 0 Å². The minimum Gasteiger partial charge on any atom is -0.385 e. The van der Waals surface area contributed by atoms with Gasteiger partial charge < -0.3 is 10.1 Å². The fourth-order valence-electron chi connectivity index (χ4n) is 1.33. The highest BCUT2D eigenvalue weighted by molar-refractivity contribution is 7.91. The molecule has 0 heterocycles. The van der Waals surface area contributed by atoms with Crippen LogP contribution in [0.25, 0.3) is 0 Å². The molecule has 0 aromatic rings. The molecule has 0 unspecified atom stereocenters. The van der Waals surface area contributed by atoms with Gasteiger partial charge in [-0.3, -0.25) is 0 Å². The van der Waals surface area contributed by atoms with E-state index in [2.05, 4.69) is 19.2 Å². The molecule has 0 radical (unpaired) electrons. The fourth-order valence-corrected chi connectivity index (χ4v) is 2.68. The lowest BCUT2D eigenvalue weighted by molar-refractivity contribution is 0.199. The molecule has 0 saturated heterocycles. The standard InChI is InChI=1S/C11H25NO3S/c1-11(2)10-12-6-4-8-16(13,14)9-5-7-15-3/h11-12H,4-10H2,1-3H3. The molecule has 0 spiro atoms. The predicted molar refractivity (Wildman–Crippen MR) is 67.5 cm³/mol. The first-order valence-electron chi connectivity index (χ1n) is 5.88. The van der Waals surface area contributed by atoms with E-state index in [9.17, 15) is 8.42 Å². The summed E-state index contributed by atoms with van der Waals surface area (Å²) >= 11 is 0. The summed E-state index contributed by atoms with van der Waals surface area (Å²) in [6.45, 7) is 6.51. The van der Waals surface area contributed by atoms with Crippen molar-refractivity contribution in [3.8, 4) is 0 Å². The Labute approximate surface area is 99.7 Å². The average molecular weight is 251 g/mol. The SMILES string of the molecule is COCCCS(=O)(=O)CCCNCC(C)C. The second-order valence-corrected chi connectivity index (χ2v) is 6.75. The fraction of sp³-hybridized carbons (Fsp3) is 1.00. The molecule has 98 valence electrons. The first-order chi connectivity index (χ1) is 7.48. The van der Waals surface area contributed by atoms with Crippen molar-refractivity contribution in [1.29, 1.82) is 0 Å². The maximum Gasteiger partial charge on any atom is 0.150 e. The maximum absolute atomic E-state index is 11.5. The lowest BCUT2D eigenvalue weighted by atomic mass is 10.2. The molecular weight excluding hydrogens is 226 g/mol. The van der Waals surface area contributed by atoms with Crippen LogP contribution in [-0.2, 0) is 14.6 Å². The van der Waals surface area contributed by atoms with Crippen molar-refractivity contribution in [2.75, 3.05) is 38.3 Å². The van der Waals surface area contributed by atoms with E-state index in [4.69, 9.17) is 4.74 Å². The van der Waals surface area contributed by atoms with E-state index in [-0.39, 0.29) is 11.5 Å². The molecule has 0 aromatic heterocycles. The van der Waals surface area contributed by atoms with Gasteiger partial charge >= 0.3 is 0 Å². The van der Waals surface area contributed by atoms with Crippen LogP contribution in [0.2, 0.25) is 0 Å². The third-order valence-electron chi connectivity index (χ3n) is 2.17. The number of rotatable bonds is 10. The van der Waals surface area contributed by atoms with E-state index in [1.54, 1.807) is 7.11 Å². The summed E-state index contributed by atoms with van der Waals surface area (Å²) in [5.74, 6) is 1.13. The first kappa shape index (κ1) is 15.9. The van der Waals surface area contributed by atoms with E-state index in [1.807, 2.05) is 0 Å². The summed E-state index contributed by atoms with van der Waals surface area (Å²) in [6.07, 6.45) is 1.29. The van der Waals surface area contributed by atoms with Gasteiger partial charge in [-0.25, -0.2) is 8.42 Å². The van der Waals surface area contributed by atoms with Gasteiger partial charge in [0.25, 0.3) is 0 Å². The number of nitrogens with one attached hydrogen (secondary N) is 1. The zero-order valence-corrected chi connectivity index (χ0v) is 11.5. The van der Waals surface area contributed by atoms with Gasteiger partial charge in [0.15, 0.2) is 0 Å². The zero-order chi connectivity index (χ0) is 12.4. The Hall–Kier alpha value is -0.130. The van der Waals surface area contributed by atoms with Crippen LogP contribution in [0.3, 0.4) is 0 Å². The molecule has 4 nitrogen and oxygen atoms in total. The molecule has 0 bridgehead atoms. The van der Waals surface area contributed by atoms with Crippen molar-refractivity contribution in [1.82, 2.24) is 5.32 Å². The van der Waals surface area contributed by atoms with Gasteiger partial charge in [0.1, 0.15) is 9.84 Å². The summed E-state index contributed by atoms with van der Waals surface area (Å²) in [5, 5.41) is 3.24. The van der Waals surface area contributed by atoms with E-state index in [1.165, 1.54) is 0 Å². The van der Waals surface area contributed by atoms with Crippen molar-refractivity contribution in [3.05, 3.63) is 0 Å². The van der Waals surface area contributed by atoms with Crippen molar-refractivity contribution in [3.63, 3.8) is 0 Å². The van der Waals surface area contributed by atoms with Crippen LogP contribution < -0.4 is 5.32 Å². The van der Waals surface area contributed by atoms with E-state index in [0.29, 0.717) is 25.4 Å². The number of ether oxygens (including phenoxy) is 1. The molecule has 5 heteroatoms. The minimum atomic E-state index is -2.87. The molecule has 0 aliphatic carbocycles. The summed E-state index contributed by atoms with van der Waals surface area (Å²) in [5.41, 5.74) is 0. The smallest absolute Gasteiger partial charge is 0.150 e. The Bertz CT molecular complexity index is 250. The summed E-state index contributed by atoms with van der Waals surface area (Å²) < 4.78 is 27.9. The maximum atomic E-state index is 11.5. The molecule has 16 heavy (non-hydrogen) atoms. The summed E-state index contributed by atoms with van der Waals surface area (Å²) in [6, 6.07) is 0. The molecule has 0 aromatic carbocycles. The van der Waals surface area contributed by atoms with Gasteiger partial charge in [-0.15, -0.1) is 0 Å². The third kappa shape index (κ3) is 10.4. The second kappa shape index (κ2) is 8.96. The Morgan fingerprint density at radius 1 is 1.19 bits per heavy atom. The Morgan fingerprint density at radius 3 is 2.38 bits per heavy atom. The largest absolute Gasteiger partial charge is 0.385 e. The Morgan fingerprint density at radius 2 is 1.81 bits per heavy atom. The molecule has 1 N–H and O–H groups in total. The van der Waals surface area contributed by atoms with Gasteiger partial charge in [-0.1, -0.05) is 13.8 Å². The van der Waals surface area contributed by atoms with Crippen molar-refractivity contribution in [2.45, 2.75) is 26.7 Å². The van der Waals surface area contributed by atoms with Crippen LogP contribution in [-0.4, -0.2) is 46.7 Å². The molecule has 0 rings (SSSR count). The van der Waals surface area contributed by atoms with Crippen molar-refractivity contribution >= 4 is 9.84 Å². The third-order valence-corrected chi connectivity index (χ3v) is 3.99. The Balaban J connectivity index is 3.51. The molecule has 0 fully saturated rings. The number of methoxy groups -OCH3 is 1. The molecule has 0 aliphatic rings. The molecule has 0 saturated carbocycles. The molecule has 0 atom stereocenters. The number of hydrogen-bond acceptors (Lipinski definition) is 4. The van der Waals surface area contributed by atoms with Gasteiger partial charge in [0.2, 0.25) is 0 Å². The van der Waals surface area contributed by atoms with Gasteiger partial charge in [0, 0.05) is 13.7 Å². The highest BCUT2D eigenvalue weighted by Crippen LogP contribution is 1.97. The van der Waals surface area contributed by atoms with Crippen LogP contribution in [0, 0.1) is 5.92 Å². The molecular formula is C11H25NO3S. The first-order valence-corrected chi connectivity index (χ1v) is 7.70. The highest BCUT2D eigenvalue weighted by Gasteiger charge is 2.09. The zero-order valence-electron chi connectivity index (χ0n) is 10.7. The van der Waals surface area contributed by atoms with Crippen LogP contribution in [0.15, 0.2) is 0 Å². The molecule has 0 amide bonds. The Kier molecular flexibility index (Phi) is 8.89. The van der Waals surface area contributed by atoms with E-state index in [0.717, 1.165) is 13.1 Å². The lowest BCUT2D eigenvalue weighted by Crippen LogP contribution is -2.23. The van der Waals surface area contributed by atoms with Crippen LogP contribution in [0.1, 0.15) is 26.7 Å². The van der Waals surface area contributed by atoms with E-state index < -0.39 is 9.84 Å². The quantitative estimate of drug-likeness (QED) is 0.590. The molecule has 0 aliphatic heterocycles. The monoisotopic (exact) mass is 251 g/mol. The van der Waals surface area contributed by atoms with Crippen LogP contribution in [0.5, 0.6) is 0 Å². The predicted octanol–water partition coefficient (Wildman–Crippen LogP) is 1.07. The van der Waals surface area contributed by atoms with Crippen LogP contribution in [0.4, 0.5) is 0 Å². The van der Waals surface area contributed by atoms with E-state index >= 15 is 0 Å². The van der Waals surface area contributed by atoms with Crippen molar-refractivity contribution in [2.24, 2.45) is 5.92 Å². The van der Waals surface area contributed by atoms with Crippen molar-refractivity contribution < 1.29 is 13.2 Å². The van der Waals surface area contributed by atoms with Gasteiger partial charge in [-0.05, 0) is 31.8 Å². The normalized spacial score (nSPS) is 12.2. The highest BCUT2D eigenvalue weighted by atomic mass is 32.2. The average Bonchev–Trinajstić information content (AvgIpc) is 2.16. The van der Waals surface area contributed by atoms with Gasteiger partial charge in [-0.2, -0.15) is 0 Å². The summed E-state index contributed by atoms with van der Waals surface area (Å²) in [4.78, 5) is 0. The topological polar surface area (TPSA) is 55.4 Å². The second-order valence-electron chi connectivity index (χ2n) is 4.45. The van der Waals surface area contributed by atoms with Gasteiger partial charge in [0.05, 0.1) is 11.5 Å². The number of hydrogen-bond donors (Lipinski definition) is 1. The lowest BCUT2D eigenvalue weighted by Gasteiger charge is -2.07.